The molecule has 0 saturated carbocycles. The highest BCUT2D eigenvalue weighted by atomic mass is 19.1. The first-order chi connectivity index (χ1) is 11.2. The standard InChI is InChI=1S/C17H13FN2O3/c1-22-14-8-2-11(3-9-14)16-10-15(20-23-16)17(21)19-13-6-4-12(18)5-7-13/h2-10H,1H3,(H,19,21). The lowest BCUT2D eigenvalue weighted by molar-refractivity contribution is 0.101. The van der Waals surface area contributed by atoms with E-state index in [1.54, 1.807) is 37.4 Å². The maximum atomic E-state index is 12.8. The summed E-state index contributed by atoms with van der Waals surface area (Å²) in [6, 6.07) is 14.2. The average Bonchev–Trinajstić information content (AvgIpc) is 3.07. The Hall–Kier alpha value is -3.15. The van der Waals surface area contributed by atoms with E-state index >= 15 is 0 Å². The van der Waals surface area contributed by atoms with E-state index < -0.39 is 5.91 Å². The van der Waals surface area contributed by atoms with E-state index in [0.717, 1.165) is 11.3 Å². The van der Waals surface area contributed by atoms with Crippen LogP contribution in [-0.4, -0.2) is 18.2 Å². The zero-order chi connectivity index (χ0) is 16.2. The van der Waals surface area contributed by atoms with Crippen LogP contribution in [0.15, 0.2) is 59.1 Å². The van der Waals surface area contributed by atoms with Gasteiger partial charge in [0.1, 0.15) is 11.6 Å². The molecule has 116 valence electrons. The van der Waals surface area contributed by atoms with E-state index in [-0.39, 0.29) is 11.5 Å². The molecule has 6 heteroatoms. The molecule has 2 aromatic carbocycles. The second-order valence-electron chi connectivity index (χ2n) is 4.77. The van der Waals surface area contributed by atoms with Crippen molar-refractivity contribution in [3.8, 4) is 17.1 Å². The predicted octanol–water partition coefficient (Wildman–Crippen LogP) is 3.74. The Bertz CT molecular complexity index is 811. The average molecular weight is 312 g/mol. The van der Waals surface area contributed by atoms with Crippen LogP contribution in [0.5, 0.6) is 5.75 Å². The molecule has 0 spiro atoms. The summed E-state index contributed by atoms with van der Waals surface area (Å²) < 4.78 is 23.1. The second-order valence-corrected chi connectivity index (χ2v) is 4.77. The summed E-state index contributed by atoms with van der Waals surface area (Å²) in [7, 11) is 1.58. The fourth-order valence-corrected chi connectivity index (χ4v) is 2.00. The van der Waals surface area contributed by atoms with Gasteiger partial charge in [-0.3, -0.25) is 4.79 Å². The van der Waals surface area contributed by atoms with Crippen molar-refractivity contribution in [1.82, 2.24) is 5.16 Å². The zero-order valence-corrected chi connectivity index (χ0v) is 12.2. The molecular formula is C17H13FN2O3. The molecule has 0 fully saturated rings. The van der Waals surface area contributed by atoms with Gasteiger partial charge in [-0.2, -0.15) is 0 Å². The van der Waals surface area contributed by atoms with Gasteiger partial charge < -0.3 is 14.6 Å². The number of aromatic nitrogens is 1. The first-order valence-electron chi connectivity index (χ1n) is 6.84. The second kappa shape index (κ2) is 6.31. The third-order valence-electron chi connectivity index (χ3n) is 3.22. The number of benzene rings is 2. The summed E-state index contributed by atoms with van der Waals surface area (Å²) in [6.07, 6.45) is 0. The van der Waals surface area contributed by atoms with Crippen LogP contribution in [0.2, 0.25) is 0 Å². The van der Waals surface area contributed by atoms with Crippen LogP contribution in [0.25, 0.3) is 11.3 Å². The van der Waals surface area contributed by atoms with E-state index in [9.17, 15) is 9.18 Å². The normalized spacial score (nSPS) is 10.3. The predicted molar refractivity (Wildman–Crippen MR) is 82.8 cm³/mol. The topological polar surface area (TPSA) is 64.4 Å². The number of nitrogens with one attached hydrogen (secondary N) is 1. The number of halogens is 1. The minimum atomic E-state index is -0.430. The van der Waals surface area contributed by atoms with Crippen LogP contribution < -0.4 is 10.1 Å². The van der Waals surface area contributed by atoms with Gasteiger partial charge in [0.25, 0.3) is 5.91 Å². The molecule has 3 aromatic rings. The van der Waals surface area contributed by atoms with Gasteiger partial charge in [0, 0.05) is 17.3 Å². The highest BCUT2D eigenvalue weighted by molar-refractivity contribution is 6.03. The quantitative estimate of drug-likeness (QED) is 0.797. The summed E-state index contributed by atoms with van der Waals surface area (Å²) in [6.45, 7) is 0. The van der Waals surface area contributed by atoms with Crippen molar-refractivity contribution in [3.63, 3.8) is 0 Å². The third kappa shape index (κ3) is 3.37. The smallest absolute Gasteiger partial charge is 0.277 e. The number of anilines is 1. The Labute approximate surface area is 131 Å². The number of rotatable bonds is 4. The molecule has 0 radical (unpaired) electrons. The van der Waals surface area contributed by atoms with Gasteiger partial charge in [0.2, 0.25) is 0 Å². The van der Waals surface area contributed by atoms with E-state index in [2.05, 4.69) is 10.5 Å². The maximum Gasteiger partial charge on any atom is 0.277 e. The summed E-state index contributed by atoms with van der Waals surface area (Å²) in [5.41, 5.74) is 1.39. The minimum absolute atomic E-state index is 0.139. The molecule has 0 aliphatic heterocycles. The summed E-state index contributed by atoms with van der Waals surface area (Å²) in [4.78, 5) is 12.1. The van der Waals surface area contributed by atoms with Crippen LogP contribution in [0.1, 0.15) is 10.5 Å². The molecule has 0 aliphatic rings. The van der Waals surface area contributed by atoms with Crippen molar-refractivity contribution in [1.29, 1.82) is 0 Å². The molecule has 1 amide bonds. The number of nitrogens with zero attached hydrogens (tertiary/aromatic N) is 1. The Morgan fingerprint density at radius 1 is 1.13 bits per heavy atom. The molecule has 0 atom stereocenters. The van der Waals surface area contributed by atoms with Crippen molar-refractivity contribution in [3.05, 3.63) is 66.1 Å². The molecule has 0 saturated heterocycles. The van der Waals surface area contributed by atoms with Crippen LogP contribution in [0.3, 0.4) is 0 Å². The Kier molecular flexibility index (Phi) is 4.05. The summed E-state index contributed by atoms with van der Waals surface area (Å²) >= 11 is 0. The fourth-order valence-electron chi connectivity index (χ4n) is 2.00. The number of amides is 1. The SMILES string of the molecule is COc1ccc(-c2cc(C(=O)Nc3ccc(F)cc3)no2)cc1. The highest BCUT2D eigenvalue weighted by Crippen LogP contribution is 2.23. The van der Waals surface area contributed by atoms with Gasteiger partial charge in [-0.05, 0) is 48.5 Å². The lowest BCUT2D eigenvalue weighted by Crippen LogP contribution is -2.12. The van der Waals surface area contributed by atoms with E-state index in [1.807, 2.05) is 0 Å². The first-order valence-corrected chi connectivity index (χ1v) is 6.84. The molecule has 5 nitrogen and oxygen atoms in total. The molecular weight excluding hydrogens is 299 g/mol. The lowest BCUT2D eigenvalue weighted by Gasteiger charge is -2.01. The summed E-state index contributed by atoms with van der Waals surface area (Å²) in [5, 5.41) is 6.38. The molecule has 1 N–H and O–H groups in total. The number of hydrogen-bond donors (Lipinski definition) is 1. The monoisotopic (exact) mass is 312 g/mol. The van der Waals surface area contributed by atoms with Crippen molar-refractivity contribution in [2.45, 2.75) is 0 Å². The maximum absolute atomic E-state index is 12.8. The Morgan fingerprint density at radius 2 is 1.83 bits per heavy atom. The molecule has 0 bridgehead atoms. The van der Waals surface area contributed by atoms with Crippen LogP contribution in [-0.2, 0) is 0 Å². The molecule has 0 aliphatic carbocycles. The number of ether oxygens (including phenoxy) is 1. The van der Waals surface area contributed by atoms with Gasteiger partial charge in [-0.25, -0.2) is 4.39 Å². The van der Waals surface area contributed by atoms with Crippen LogP contribution in [0.4, 0.5) is 10.1 Å². The lowest BCUT2D eigenvalue weighted by atomic mass is 10.1. The van der Waals surface area contributed by atoms with Gasteiger partial charge in [0.15, 0.2) is 11.5 Å². The molecule has 23 heavy (non-hydrogen) atoms. The number of methoxy groups -OCH3 is 1. The van der Waals surface area contributed by atoms with Gasteiger partial charge in [0.05, 0.1) is 7.11 Å². The highest BCUT2D eigenvalue weighted by Gasteiger charge is 2.14. The molecule has 3 rings (SSSR count). The first kappa shape index (κ1) is 14.8. The van der Waals surface area contributed by atoms with Gasteiger partial charge in [-0.15, -0.1) is 0 Å². The number of hydrogen-bond acceptors (Lipinski definition) is 4. The van der Waals surface area contributed by atoms with E-state index in [0.29, 0.717) is 11.4 Å². The number of carbonyl (C=O) groups excluding carboxylic acids is 1. The third-order valence-corrected chi connectivity index (χ3v) is 3.22. The molecule has 1 heterocycles. The Balaban J connectivity index is 1.75. The molecule has 1 aromatic heterocycles. The van der Waals surface area contributed by atoms with Crippen LogP contribution >= 0.6 is 0 Å². The van der Waals surface area contributed by atoms with Crippen molar-refractivity contribution in [2.75, 3.05) is 12.4 Å². The van der Waals surface area contributed by atoms with Crippen molar-refractivity contribution < 1.29 is 18.4 Å². The zero-order valence-electron chi connectivity index (χ0n) is 12.2. The fraction of sp³-hybridized carbons (Fsp3) is 0.0588. The largest absolute Gasteiger partial charge is 0.497 e. The minimum Gasteiger partial charge on any atom is -0.497 e. The number of carbonyl (C=O) groups is 1. The Morgan fingerprint density at radius 3 is 2.48 bits per heavy atom. The summed E-state index contributed by atoms with van der Waals surface area (Å²) in [5.74, 6) is 0.394. The van der Waals surface area contributed by atoms with E-state index in [4.69, 9.17) is 9.26 Å². The van der Waals surface area contributed by atoms with Crippen LogP contribution in [0, 0.1) is 5.82 Å². The van der Waals surface area contributed by atoms with Gasteiger partial charge in [-0.1, -0.05) is 5.16 Å². The van der Waals surface area contributed by atoms with Crippen molar-refractivity contribution in [2.24, 2.45) is 0 Å². The molecule has 0 unspecified atom stereocenters. The van der Waals surface area contributed by atoms with Crippen molar-refractivity contribution >= 4 is 11.6 Å². The van der Waals surface area contributed by atoms with E-state index in [1.165, 1.54) is 24.3 Å². The van der Waals surface area contributed by atoms with Gasteiger partial charge >= 0.3 is 0 Å².